The second-order valence-corrected chi connectivity index (χ2v) is 2.02. The van der Waals surface area contributed by atoms with Crippen molar-refractivity contribution >= 4 is 11.4 Å². The molecule has 3 nitrogen and oxygen atoms in total. The maximum absolute atomic E-state index is 8.97. The number of hydrogen-bond acceptors (Lipinski definition) is 3. The number of hydrogen-bond donors (Lipinski definition) is 3. The average molecular weight is 168 g/mol. The van der Waals surface area contributed by atoms with Gasteiger partial charge in [0.05, 0.1) is 11.4 Å². The molecule has 12 heavy (non-hydrogen) atoms. The first kappa shape index (κ1) is 10.6. The number of phenolic OH excluding ortho intramolecular Hbond substituents is 1. The van der Waals surface area contributed by atoms with Crippen LogP contribution in [0.3, 0.4) is 0 Å². The van der Waals surface area contributed by atoms with Crippen molar-refractivity contribution < 1.29 is 5.11 Å². The second-order valence-electron chi connectivity index (χ2n) is 2.02. The number of rotatable bonds is 1. The average Bonchev–Trinajstić information content (AvgIpc) is 2.13. The van der Waals surface area contributed by atoms with E-state index in [1.165, 1.54) is 0 Å². The zero-order valence-electron chi connectivity index (χ0n) is 7.76. The Labute approximate surface area is 73.2 Å². The van der Waals surface area contributed by atoms with Gasteiger partial charge in [-0.3, -0.25) is 0 Å². The lowest BCUT2D eigenvalue weighted by atomic mass is 10.2. The molecular weight excluding hydrogens is 152 g/mol. The van der Waals surface area contributed by atoms with Crippen molar-refractivity contribution in [1.29, 1.82) is 0 Å². The number of phenols is 1. The molecular formula is C9H16N2O. The first-order valence-electron chi connectivity index (χ1n) is 4.00. The van der Waals surface area contributed by atoms with E-state index in [2.05, 4.69) is 5.32 Å². The van der Waals surface area contributed by atoms with Crippen LogP contribution in [-0.4, -0.2) is 12.2 Å². The van der Waals surface area contributed by atoms with Crippen LogP contribution >= 0.6 is 0 Å². The van der Waals surface area contributed by atoms with Crippen LogP contribution in [0.5, 0.6) is 5.75 Å². The van der Waals surface area contributed by atoms with E-state index in [1.54, 1.807) is 25.2 Å². The summed E-state index contributed by atoms with van der Waals surface area (Å²) in [6, 6.07) is 4.78. The van der Waals surface area contributed by atoms with Crippen LogP contribution in [0.15, 0.2) is 18.2 Å². The normalized spacial score (nSPS) is 8.25. The molecule has 68 valence electrons. The third kappa shape index (κ3) is 2.70. The van der Waals surface area contributed by atoms with E-state index in [4.69, 9.17) is 10.8 Å². The summed E-state index contributed by atoms with van der Waals surface area (Å²) in [5, 5.41) is 11.8. The van der Waals surface area contributed by atoms with E-state index >= 15 is 0 Å². The highest BCUT2D eigenvalue weighted by atomic mass is 16.3. The minimum Gasteiger partial charge on any atom is -0.508 e. The summed E-state index contributed by atoms with van der Waals surface area (Å²) in [6.07, 6.45) is 0. The molecule has 0 unspecified atom stereocenters. The molecule has 0 aliphatic heterocycles. The Morgan fingerprint density at radius 3 is 2.33 bits per heavy atom. The maximum Gasteiger partial charge on any atom is 0.117 e. The number of aromatic hydroxyl groups is 1. The van der Waals surface area contributed by atoms with Crippen molar-refractivity contribution in [1.82, 2.24) is 0 Å². The molecule has 0 radical (unpaired) electrons. The summed E-state index contributed by atoms with van der Waals surface area (Å²) in [5.74, 6) is 0.221. The Bertz CT molecular complexity index is 236. The van der Waals surface area contributed by atoms with Gasteiger partial charge in [-0.15, -0.1) is 0 Å². The van der Waals surface area contributed by atoms with Gasteiger partial charge in [-0.25, -0.2) is 0 Å². The Kier molecular flexibility index (Phi) is 4.69. The van der Waals surface area contributed by atoms with Gasteiger partial charge in [0.1, 0.15) is 5.75 Å². The van der Waals surface area contributed by atoms with Crippen molar-refractivity contribution in [2.24, 2.45) is 0 Å². The molecule has 0 aliphatic rings. The Morgan fingerprint density at radius 1 is 1.33 bits per heavy atom. The molecule has 4 N–H and O–H groups in total. The van der Waals surface area contributed by atoms with Crippen molar-refractivity contribution in [2.45, 2.75) is 13.8 Å². The first-order chi connectivity index (χ1) is 5.74. The molecule has 1 rings (SSSR count). The minimum atomic E-state index is 0.221. The molecule has 0 bridgehead atoms. The van der Waals surface area contributed by atoms with Crippen LogP contribution in [0.4, 0.5) is 11.4 Å². The highest BCUT2D eigenvalue weighted by Gasteiger charge is 1.95. The minimum absolute atomic E-state index is 0.221. The highest BCUT2D eigenvalue weighted by molar-refractivity contribution is 5.67. The summed E-state index contributed by atoms with van der Waals surface area (Å²) in [4.78, 5) is 0. The fraction of sp³-hybridized carbons (Fsp3) is 0.333. The number of anilines is 2. The van der Waals surface area contributed by atoms with Gasteiger partial charge in [0.15, 0.2) is 0 Å². The predicted octanol–water partition coefficient (Wildman–Crippen LogP) is 2.04. The lowest BCUT2D eigenvalue weighted by Crippen LogP contribution is -1.94. The molecule has 0 fully saturated rings. The Balaban J connectivity index is 0.000000561. The van der Waals surface area contributed by atoms with Gasteiger partial charge in [0.2, 0.25) is 0 Å². The van der Waals surface area contributed by atoms with Crippen molar-refractivity contribution in [3.05, 3.63) is 18.2 Å². The van der Waals surface area contributed by atoms with Crippen LogP contribution in [0, 0.1) is 0 Å². The summed E-state index contributed by atoms with van der Waals surface area (Å²) in [7, 11) is 1.76. The molecule has 0 amide bonds. The predicted molar refractivity (Wildman–Crippen MR) is 53.4 cm³/mol. The van der Waals surface area contributed by atoms with Crippen LogP contribution in [-0.2, 0) is 0 Å². The summed E-state index contributed by atoms with van der Waals surface area (Å²) in [5.41, 5.74) is 6.92. The van der Waals surface area contributed by atoms with Crippen LogP contribution in [0.2, 0.25) is 0 Å². The van der Waals surface area contributed by atoms with Crippen molar-refractivity contribution in [2.75, 3.05) is 18.1 Å². The summed E-state index contributed by atoms with van der Waals surface area (Å²) in [6.45, 7) is 4.00. The number of nitrogen functional groups attached to an aromatic ring is 1. The molecule has 0 aliphatic carbocycles. The van der Waals surface area contributed by atoms with Crippen molar-refractivity contribution in [3.8, 4) is 5.75 Å². The summed E-state index contributed by atoms with van der Waals surface area (Å²) < 4.78 is 0. The molecule has 1 aromatic rings. The number of benzene rings is 1. The quantitative estimate of drug-likeness (QED) is 0.444. The van der Waals surface area contributed by atoms with Gasteiger partial charge < -0.3 is 16.2 Å². The number of nitrogens with one attached hydrogen (secondary N) is 1. The third-order valence-electron chi connectivity index (χ3n) is 1.31. The third-order valence-corrected chi connectivity index (χ3v) is 1.31. The highest BCUT2D eigenvalue weighted by Crippen LogP contribution is 2.22. The monoisotopic (exact) mass is 168 g/mol. The molecule has 0 atom stereocenters. The lowest BCUT2D eigenvalue weighted by Gasteiger charge is -2.03. The molecule has 0 heterocycles. The first-order valence-corrected chi connectivity index (χ1v) is 4.00. The zero-order valence-corrected chi connectivity index (χ0v) is 7.76. The Hall–Kier alpha value is -1.38. The SMILES string of the molecule is CC.CNc1cc(O)ccc1N. The topological polar surface area (TPSA) is 58.3 Å². The zero-order chi connectivity index (χ0) is 9.56. The molecule has 0 spiro atoms. The van der Waals surface area contributed by atoms with Gasteiger partial charge in [-0.1, -0.05) is 13.8 Å². The van der Waals surface area contributed by atoms with Gasteiger partial charge in [-0.2, -0.15) is 0 Å². The van der Waals surface area contributed by atoms with Crippen LogP contribution in [0.25, 0.3) is 0 Å². The smallest absolute Gasteiger partial charge is 0.117 e. The second kappa shape index (κ2) is 5.29. The largest absolute Gasteiger partial charge is 0.508 e. The fourth-order valence-corrected chi connectivity index (χ4v) is 0.761. The fourth-order valence-electron chi connectivity index (χ4n) is 0.761. The van der Waals surface area contributed by atoms with E-state index in [9.17, 15) is 0 Å². The van der Waals surface area contributed by atoms with E-state index in [1.807, 2.05) is 13.8 Å². The van der Waals surface area contributed by atoms with Crippen molar-refractivity contribution in [3.63, 3.8) is 0 Å². The molecule has 0 saturated carbocycles. The molecule has 0 saturated heterocycles. The van der Waals surface area contributed by atoms with E-state index < -0.39 is 0 Å². The van der Waals surface area contributed by atoms with Gasteiger partial charge in [-0.05, 0) is 12.1 Å². The van der Waals surface area contributed by atoms with Crippen LogP contribution in [0.1, 0.15) is 13.8 Å². The Morgan fingerprint density at radius 2 is 1.92 bits per heavy atom. The lowest BCUT2D eigenvalue weighted by molar-refractivity contribution is 0.475. The van der Waals surface area contributed by atoms with E-state index in [0.717, 1.165) is 5.69 Å². The summed E-state index contributed by atoms with van der Waals surface area (Å²) >= 11 is 0. The number of nitrogens with two attached hydrogens (primary N) is 1. The van der Waals surface area contributed by atoms with E-state index in [-0.39, 0.29) is 5.75 Å². The van der Waals surface area contributed by atoms with Gasteiger partial charge in [0, 0.05) is 13.1 Å². The van der Waals surface area contributed by atoms with E-state index in [0.29, 0.717) is 5.69 Å². The van der Waals surface area contributed by atoms with Crippen LogP contribution < -0.4 is 11.1 Å². The van der Waals surface area contributed by atoms with Gasteiger partial charge in [0.25, 0.3) is 0 Å². The maximum atomic E-state index is 8.97. The molecule has 0 aromatic heterocycles. The molecule has 3 heteroatoms. The standard InChI is InChI=1S/C7H10N2O.C2H6/c1-9-7-4-5(10)2-3-6(7)8;1-2/h2-4,9-10H,8H2,1H3;1-2H3. The van der Waals surface area contributed by atoms with Gasteiger partial charge >= 0.3 is 0 Å². The molecule has 1 aromatic carbocycles.